The first-order chi connectivity index (χ1) is 10.4. The molecule has 124 valence electrons. The van der Waals surface area contributed by atoms with Crippen molar-refractivity contribution in [1.82, 2.24) is 4.31 Å². The van der Waals surface area contributed by atoms with E-state index in [4.69, 9.17) is 14.9 Å². The van der Waals surface area contributed by atoms with Crippen LogP contribution >= 0.6 is 0 Å². The third kappa shape index (κ3) is 3.50. The normalized spacial score (nSPS) is 21.5. The molecule has 2 heterocycles. The molecular formula is C14H22N2O5S. The molecule has 0 saturated carbocycles. The number of sulfonamides is 1. The molecule has 0 radical (unpaired) electrons. The maximum absolute atomic E-state index is 12.6. The third-order valence-corrected chi connectivity index (χ3v) is 5.56. The second-order valence-electron chi connectivity index (χ2n) is 5.46. The molecule has 1 aromatic rings. The molecule has 2 N–H and O–H groups in total. The molecule has 1 fully saturated rings. The summed E-state index contributed by atoms with van der Waals surface area (Å²) in [4.78, 5) is 11.6. The third-order valence-electron chi connectivity index (χ3n) is 3.82. The fraction of sp³-hybridized carbons (Fsp3) is 0.643. The number of rotatable bonds is 5. The molecule has 0 spiro atoms. The van der Waals surface area contributed by atoms with E-state index in [2.05, 4.69) is 0 Å². The van der Waals surface area contributed by atoms with Gasteiger partial charge in [-0.15, -0.1) is 0 Å². The number of nitrogens with two attached hydrogens (primary N) is 1. The van der Waals surface area contributed by atoms with Crippen molar-refractivity contribution in [2.24, 2.45) is 11.7 Å². The van der Waals surface area contributed by atoms with E-state index in [1.807, 2.05) is 6.92 Å². The van der Waals surface area contributed by atoms with Gasteiger partial charge in [0, 0.05) is 19.1 Å². The van der Waals surface area contributed by atoms with Crippen LogP contribution in [0.1, 0.15) is 37.2 Å². The molecule has 1 aliphatic rings. The summed E-state index contributed by atoms with van der Waals surface area (Å²) in [5.41, 5.74) is 5.88. The number of carbonyl (C=O) groups excluding carboxylic acids is 1. The first-order valence-electron chi connectivity index (χ1n) is 7.39. The van der Waals surface area contributed by atoms with Gasteiger partial charge in [0.1, 0.15) is 0 Å². The van der Waals surface area contributed by atoms with Crippen LogP contribution in [0, 0.1) is 5.92 Å². The molecular weight excluding hydrogens is 308 g/mol. The maximum Gasteiger partial charge on any atom is 0.374 e. The predicted molar refractivity (Wildman–Crippen MR) is 79.8 cm³/mol. The van der Waals surface area contributed by atoms with Crippen molar-refractivity contribution in [3.63, 3.8) is 0 Å². The van der Waals surface area contributed by atoms with E-state index in [0.717, 1.165) is 12.8 Å². The van der Waals surface area contributed by atoms with Gasteiger partial charge >= 0.3 is 5.97 Å². The number of hydrogen-bond donors (Lipinski definition) is 1. The van der Waals surface area contributed by atoms with Crippen LogP contribution < -0.4 is 5.73 Å². The fourth-order valence-electron chi connectivity index (χ4n) is 2.52. The summed E-state index contributed by atoms with van der Waals surface area (Å²) in [5.74, 6) is -0.653. The Morgan fingerprint density at radius 3 is 2.91 bits per heavy atom. The van der Waals surface area contributed by atoms with Gasteiger partial charge in [-0.1, -0.05) is 0 Å². The molecule has 2 rings (SSSR count). The maximum atomic E-state index is 12.6. The molecule has 8 heteroatoms. The summed E-state index contributed by atoms with van der Waals surface area (Å²) in [6, 6.07) is 2.54. The van der Waals surface area contributed by atoms with E-state index < -0.39 is 16.0 Å². The summed E-state index contributed by atoms with van der Waals surface area (Å²) in [6.07, 6.45) is 1.67. The minimum absolute atomic E-state index is 0.0651. The smallest absolute Gasteiger partial charge is 0.374 e. The summed E-state index contributed by atoms with van der Waals surface area (Å²) in [6.45, 7) is 4.55. The van der Waals surface area contributed by atoms with Crippen LogP contribution in [0.5, 0.6) is 0 Å². The van der Waals surface area contributed by atoms with Gasteiger partial charge in [-0.05, 0) is 44.7 Å². The second-order valence-corrected chi connectivity index (χ2v) is 7.33. The lowest BCUT2D eigenvalue weighted by Gasteiger charge is -2.33. The first kappa shape index (κ1) is 17.0. The van der Waals surface area contributed by atoms with Crippen molar-refractivity contribution < 1.29 is 22.4 Å². The minimum Gasteiger partial charge on any atom is -0.460 e. The SMILES string of the molecule is CCOC(=O)c1ccc(S(=O)(=O)N2CCCC(C(C)N)C2)o1. The highest BCUT2D eigenvalue weighted by molar-refractivity contribution is 7.89. The molecule has 1 saturated heterocycles. The van der Waals surface area contributed by atoms with Crippen LogP contribution in [-0.2, 0) is 14.8 Å². The van der Waals surface area contributed by atoms with Gasteiger partial charge in [-0.2, -0.15) is 4.31 Å². The predicted octanol–water partition coefficient (Wildman–Crippen LogP) is 1.20. The number of furan rings is 1. The lowest BCUT2D eigenvalue weighted by molar-refractivity contribution is 0.0483. The van der Waals surface area contributed by atoms with E-state index in [-0.39, 0.29) is 29.4 Å². The summed E-state index contributed by atoms with van der Waals surface area (Å²) < 4.78 is 36.5. The van der Waals surface area contributed by atoms with Crippen molar-refractivity contribution in [2.45, 2.75) is 37.8 Å². The highest BCUT2D eigenvalue weighted by Crippen LogP contribution is 2.26. The Labute approximate surface area is 130 Å². The molecule has 7 nitrogen and oxygen atoms in total. The highest BCUT2D eigenvalue weighted by Gasteiger charge is 2.34. The number of piperidine rings is 1. The van der Waals surface area contributed by atoms with Crippen LogP contribution in [0.25, 0.3) is 0 Å². The van der Waals surface area contributed by atoms with Gasteiger partial charge in [-0.3, -0.25) is 0 Å². The Kier molecular flexibility index (Phi) is 5.25. The highest BCUT2D eigenvalue weighted by atomic mass is 32.2. The Morgan fingerprint density at radius 1 is 1.55 bits per heavy atom. The Morgan fingerprint density at radius 2 is 2.27 bits per heavy atom. The number of ether oxygens (including phenoxy) is 1. The summed E-state index contributed by atoms with van der Waals surface area (Å²) in [7, 11) is -3.75. The van der Waals surface area contributed by atoms with E-state index in [1.165, 1.54) is 16.4 Å². The average molecular weight is 330 g/mol. The zero-order valence-electron chi connectivity index (χ0n) is 12.8. The zero-order valence-corrected chi connectivity index (χ0v) is 13.6. The van der Waals surface area contributed by atoms with Crippen LogP contribution in [0.3, 0.4) is 0 Å². The zero-order chi connectivity index (χ0) is 16.3. The molecule has 0 amide bonds. The molecule has 2 unspecified atom stereocenters. The molecule has 0 aromatic carbocycles. The van der Waals surface area contributed by atoms with Crippen molar-refractivity contribution >= 4 is 16.0 Å². The van der Waals surface area contributed by atoms with Crippen molar-refractivity contribution in [3.05, 3.63) is 17.9 Å². The van der Waals surface area contributed by atoms with Crippen LogP contribution in [0.15, 0.2) is 21.6 Å². The largest absolute Gasteiger partial charge is 0.460 e. The van der Waals surface area contributed by atoms with Gasteiger partial charge < -0.3 is 14.9 Å². The van der Waals surface area contributed by atoms with E-state index >= 15 is 0 Å². The Balaban J connectivity index is 2.18. The van der Waals surface area contributed by atoms with Crippen LogP contribution in [0.4, 0.5) is 0 Å². The minimum atomic E-state index is -3.75. The van der Waals surface area contributed by atoms with Crippen molar-refractivity contribution in [2.75, 3.05) is 19.7 Å². The lowest BCUT2D eigenvalue weighted by atomic mass is 9.93. The summed E-state index contributed by atoms with van der Waals surface area (Å²) >= 11 is 0. The monoisotopic (exact) mass is 330 g/mol. The van der Waals surface area contributed by atoms with E-state index in [0.29, 0.717) is 13.1 Å². The molecule has 1 aliphatic heterocycles. The molecule has 0 aliphatic carbocycles. The van der Waals surface area contributed by atoms with Crippen molar-refractivity contribution in [1.29, 1.82) is 0 Å². The second kappa shape index (κ2) is 6.80. The van der Waals surface area contributed by atoms with Gasteiger partial charge in [0.15, 0.2) is 0 Å². The number of esters is 1. The van der Waals surface area contributed by atoms with Gasteiger partial charge in [0.25, 0.3) is 10.0 Å². The Hall–Kier alpha value is -1.38. The first-order valence-corrected chi connectivity index (χ1v) is 8.83. The van der Waals surface area contributed by atoms with Gasteiger partial charge in [0.2, 0.25) is 10.9 Å². The van der Waals surface area contributed by atoms with Crippen LogP contribution in [-0.4, -0.2) is 44.4 Å². The fourth-order valence-corrected chi connectivity index (χ4v) is 3.97. The Bertz CT molecular complexity index is 623. The van der Waals surface area contributed by atoms with E-state index in [9.17, 15) is 13.2 Å². The molecule has 1 aromatic heterocycles. The standard InChI is InChI=1S/C14H22N2O5S/c1-3-20-14(17)12-6-7-13(21-12)22(18,19)16-8-4-5-11(9-16)10(2)15/h6-7,10-11H,3-5,8-9,15H2,1-2H3. The van der Waals surface area contributed by atoms with Crippen LogP contribution in [0.2, 0.25) is 0 Å². The molecule has 22 heavy (non-hydrogen) atoms. The van der Waals surface area contributed by atoms with Gasteiger partial charge in [0.05, 0.1) is 6.61 Å². The average Bonchev–Trinajstić information content (AvgIpc) is 2.98. The quantitative estimate of drug-likeness (QED) is 0.814. The van der Waals surface area contributed by atoms with Gasteiger partial charge in [-0.25, -0.2) is 13.2 Å². The van der Waals surface area contributed by atoms with E-state index in [1.54, 1.807) is 6.92 Å². The molecule has 0 bridgehead atoms. The lowest BCUT2D eigenvalue weighted by Crippen LogP contribution is -2.44. The molecule has 2 atom stereocenters. The number of carbonyl (C=O) groups is 1. The number of nitrogens with zero attached hydrogens (tertiary/aromatic N) is 1. The topological polar surface area (TPSA) is 103 Å². The van der Waals surface area contributed by atoms with Crippen molar-refractivity contribution in [3.8, 4) is 0 Å². The number of hydrogen-bond acceptors (Lipinski definition) is 6. The summed E-state index contributed by atoms with van der Waals surface area (Å²) in [5, 5.41) is -0.235.